The van der Waals surface area contributed by atoms with Gasteiger partial charge < -0.3 is 10.2 Å². The van der Waals surface area contributed by atoms with E-state index in [0.717, 1.165) is 17.5 Å². The molecule has 2 rings (SSSR count). The SMILES string of the molecule is Cc1nn(CC(F)(F)F)c(C)c1[C@@H](C)NC(=O)N1CCCC1(C)C. The van der Waals surface area contributed by atoms with E-state index in [4.69, 9.17) is 0 Å². The standard InChI is InChI=1S/C16H25F3N4O/c1-10(20-14(24)22-8-6-7-15(22,4)5)13-11(2)21-23(12(13)3)9-16(17,18)19/h10H,6-9H2,1-5H3,(H,20,24)/t10-/m1/s1. The summed E-state index contributed by atoms with van der Waals surface area (Å²) in [7, 11) is 0. The van der Waals surface area contributed by atoms with Crippen LogP contribution in [0.1, 0.15) is 56.6 Å². The summed E-state index contributed by atoms with van der Waals surface area (Å²) in [6.07, 6.45) is -2.43. The second-order valence-electron chi connectivity index (χ2n) is 7.10. The van der Waals surface area contributed by atoms with Crippen molar-refractivity contribution in [1.29, 1.82) is 0 Å². The molecule has 2 heterocycles. The van der Waals surface area contributed by atoms with Crippen LogP contribution < -0.4 is 5.32 Å². The topological polar surface area (TPSA) is 50.2 Å². The summed E-state index contributed by atoms with van der Waals surface area (Å²) in [4.78, 5) is 14.3. The third kappa shape index (κ3) is 3.84. The monoisotopic (exact) mass is 346 g/mol. The molecule has 0 unspecified atom stereocenters. The first-order chi connectivity index (χ1) is 10.9. The number of nitrogens with one attached hydrogen (secondary N) is 1. The molecule has 1 saturated heterocycles. The predicted octanol–water partition coefficient (Wildman–Crippen LogP) is 3.71. The molecular weight excluding hydrogens is 321 g/mol. The molecule has 0 aromatic carbocycles. The van der Waals surface area contributed by atoms with Crippen LogP contribution in [0.3, 0.4) is 0 Å². The minimum absolute atomic E-state index is 0.188. The number of halogens is 3. The van der Waals surface area contributed by atoms with Crippen LogP contribution in [-0.4, -0.2) is 39.0 Å². The molecule has 1 aromatic heterocycles. The molecule has 2 amide bonds. The van der Waals surface area contributed by atoms with Gasteiger partial charge in [-0.1, -0.05) is 0 Å². The first-order valence-corrected chi connectivity index (χ1v) is 8.11. The molecule has 0 spiro atoms. The molecule has 24 heavy (non-hydrogen) atoms. The van der Waals surface area contributed by atoms with E-state index in [0.29, 0.717) is 23.5 Å². The number of hydrogen-bond donors (Lipinski definition) is 1. The van der Waals surface area contributed by atoms with E-state index < -0.39 is 18.8 Å². The van der Waals surface area contributed by atoms with Crippen LogP contribution in [0, 0.1) is 13.8 Å². The van der Waals surface area contributed by atoms with E-state index in [9.17, 15) is 18.0 Å². The van der Waals surface area contributed by atoms with E-state index in [2.05, 4.69) is 10.4 Å². The average Bonchev–Trinajstić information content (AvgIpc) is 2.87. The molecular formula is C16H25F3N4O. The molecule has 0 bridgehead atoms. The summed E-state index contributed by atoms with van der Waals surface area (Å²) in [5.74, 6) is 0. The number of likely N-dealkylation sites (tertiary alicyclic amines) is 1. The number of alkyl halides is 3. The molecule has 0 aliphatic carbocycles. The molecule has 1 aliphatic rings. The summed E-state index contributed by atoms with van der Waals surface area (Å²) in [6, 6.07) is -0.594. The average molecular weight is 346 g/mol. The van der Waals surface area contributed by atoms with Crippen LogP contribution in [0.25, 0.3) is 0 Å². The van der Waals surface area contributed by atoms with E-state index in [1.165, 1.54) is 0 Å². The van der Waals surface area contributed by atoms with Gasteiger partial charge in [0, 0.05) is 23.3 Å². The Labute approximate surface area is 140 Å². The Balaban J connectivity index is 2.15. The Morgan fingerprint density at radius 2 is 2.00 bits per heavy atom. The predicted molar refractivity (Wildman–Crippen MR) is 84.7 cm³/mol. The van der Waals surface area contributed by atoms with Crippen LogP contribution in [0.2, 0.25) is 0 Å². The zero-order valence-electron chi connectivity index (χ0n) is 14.8. The first-order valence-electron chi connectivity index (χ1n) is 8.11. The van der Waals surface area contributed by atoms with Crippen molar-refractivity contribution >= 4 is 6.03 Å². The van der Waals surface area contributed by atoms with Gasteiger partial charge >= 0.3 is 12.2 Å². The number of aryl methyl sites for hydroxylation is 1. The van der Waals surface area contributed by atoms with E-state index >= 15 is 0 Å². The Hall–Kier alpha value is -1.73. The lowest BCUT2D eigenvalue weighted by Gasteiger charge is -2.32. The molecule has 1 fully saturated rings. The molecule has 136 valence electrons. The summed E-state index contributed by atoms with van der Waals surface area (Å²) in [6.45, 7) is 8.64. The van der Waals surface area contributed by atoms with Crippen LogP contribution in [0.4, 0.5) is 18.0 Å². The maximum atomic E-state index is 12.6. The zero-order valence-corrected chi connectivity index (χ0v) is 14.8. The molecule has 8 heteroatoms. The molecule has 1 atom stereocenters. The highest BCUT2D eigenvalue weighted by molar-refractivity contribution is 5.76. The molecule has 1 aliphatic heterocycles. The second kappa shape index (κ2) is 6.29. The van der Waals surface area contributed by atoms with Gasteiger partial charge in [0.2, 0.25) is 0 Å². The number of urea groups is 1. The highest BCUT2D eigenvalue weighted by Gasteiger charge is 2.36. The lowest BCUT2D eigenvalue weighted by Crippen LogP contribution is -2.48. The highest BCUT2D eigenvalue weighted by Crippen LogP contribution is 2.29. The van der Waals surface area contributed by atoms with Crippen LogP contribution in [-0.2, 0) is 6.54 Å². The van der Waals surface area contributed by atoms with Crippen molar-refractivity contribution in [3.63, 3.8) is 0 Å². The van der Waals surface area contributed by atoms with Gasteiger partial charge in [-0.15, -0.1) is 0 Å². The molecule has 0 saturated carbocycles. The number of nitrogens with zero attached hydrogens (tertiary/aromatic N) is 3. The van der Waals surface area contributed by atoms with E-state index in [1.54, 1.807) is 25.7 Å². The maximum Gasteiger partial charge on any atom is 0.408 e. The molecule has 5 nitrogen and oxygen atoms in total. The van der Waals surface area contributed by atoms with Gasteiger partial charge in [0.05, 0.1) is 11.7 Å². The summed E-state index contributed by atoms with van der Waals surface area (Å²) in [5, 5.41) is 6.89. The highest BCUT2D eigenvalue weighted by atomic mass is 19.4. The Kier molecular flexibility index (Phi) is 4.88. The lowest BCUT2D eigenvalue weighted by atomic mass is 10.0. The first kappa shape index (κ1) is 18.6. The van der Waals surface area contributed by atoms with Crippen molar-refractivity contribution in [2.75, 3.05) is 6.54 Å². The Morgan fingerprint density at radius 1 is 1.38 bits per heavy atom. The van der Waals surface area contributed by atoms with Crippen molar-refractivity contribution < 1.29 is 18.0 Å². The number of amides is 2. The third-order valence-electron chi connectivity index (χ3n) is 4.69. The lowest BCUT2D eigenvalue weighted by molar-refractivity contribution is -0.143. The van der Waals surface area contributed by atoms with E-state index in [1.807, 2.05) is 13.8 Å². The van der Waals surface area contributed by atoms with E-state index in [-0.39, 0.29) is 11.6 Å². The van der Waals surface area contributed by atoms with Gasteiger partial charge in [0.25, 0.3) is 0 Å². The number of aromatic nitrogens is 2. The minimum atomic E-state index is -4.33. The number of hydrogen-bond acceptors (Lipinski definition) is 2. The fraction of sp³-hybridized carbons (Fsp3) is 0.750. The molecule has 1 aromatic rings. The largest absolute Gasteiger partial charge is 0.408 e. The minimum Gasteiger partial charge on any atom is -0.331 e. The zero-order chi connectivity index (χ0) is 18.3. The van der Waals surface area contributed by atoms with Crippen LogP contribution >= 0.6 is 0 Å². The van der Waals surface area contributed by atoms with Crippen molar-refractivity contribution in [3.8, 4) is 0 Å². The molecule has 0 radical (unpaired) electrons. The number of carbonyl (C=O) groups is 1. The summed E-state index contributed by atoms with van der Waals surface area (Å²) < 4.78 is 38.8. The van der Waals surface area contributed by atoms with Crippen molar-refractivity contribution in [2.24, 2.45) is 0 Å². The number of rotatable bonds is 3. The second-order valence-corrected chi connectivity index (χ2v) is 7.10. The Morgan fingerprint density at radius 3 is 2.50 bits per heavy atom. The quantitative estimate of drug-likeness (QED) is 0.907. The maximum absolute atomic E-state index is 12.6. The summed E-state index contributed by atoms with van der Waals surface area (Å²) in [5.41, 5.74) is 1.38. The molecule has 1 N–H and O–H groups in total. The van der Waals surface area contributed by atoms with Gasteiger partial charge in [0.1, 0.15) is 6.54 Å². The summed E-state index contributed by atoms with van der Waals surface area (Å²) >= 11 is 0. The van der Waals surface area contributed by atoms with Crippen molar-refractivity contribution in [1.82, 2.24) is 20.0 Å². The van der Waals surface area contributed by atoms with Crippen LogP contribution in [0.15, 0.2) is 0 Å². The van der Waals surface area contributed by atoms with Crippen LogP contribution in [0.5, 0.6) is 0 Å². The third-order valence-corrected chi connectivity index (χ3v) is 4.69. The smallest absolute Gasteiger partial charge is 0.331 e. The Bertz CT molecular complexity index is 622. The normalized spacial score (nSPS) is 18.8. The number of carbonyl (C=O) groups excluding carboxylic acids is 1. The van der Waals surface area contributed by atoms with Crippen molar-refractivity contribution in [3.05, 3.63) is 17.0 Å². The van der Waals surface area contributed by atoms with Gasteiger partial charge in [-0.3, -0.25) is 4.68 Å². The van der Waals surface area contributed by atoms with Gasteiger partial charge in [-0.2, -0.15) is 18.3 Å². The van der Waals surface area contributed by atoms with Gasteiger partial charge in [0.15, 0.2) is 0 Å². The van der Waals surface area contributed by atoms with Crippen molar-refractivity contribution in [2.45, 2.75) is 71.8 Å². The fourth-order valence-corrected chi connectivity index (χ4v) is 3.48. The van der Waals surface area contributed by atoms with Gasteiger partial charge in [-0.25, -0.2) is 4.79 Å². The fourth-order valence-electron chi connectivity index (χ4n) is 3.48. The van der Waals surface area contributed by atoms with Gasteiger partial charge in [-0.05, 0) is 47.5 Å².